The molecule has 6 aliphatic rings. The van der Waals surface area contributed by atoms with Gasteiger partial charge in [-0.1, -0.05) is 303 Å². The maximum Gasteiger partial charge on any atom is 0.256 e. The number of nitrogens with zero attached hydrogens (tertiary/aromatic N) is 2. The second kappa shape index (κ2) is 22.4. The Balaban J connectivity index is 0.780. The van der Waals surface area contributed by atoms with E-state index in [1.807, 2.05) is 0 Å². The first kappa shape index (κ1) is 57.7. The van der Waals surface area contributed by atoms with E-state index < -0.39 is 5.41 Å². The molecule has 4 heterocycles. The van der Waals surface area contributed by atoms with Crippen molar-refractivity contribution in [3.05, 3.63) is 386 Å². The highest BCUT2D eigenvalue weighted by Crippen LogP contribution is 2.64. The van der Waals surface area contributed by atoms with Gasteiger partial charge in [0.15, 0.2) is 0 Å². The van der Waals surface area contributed by atoms with Crippen LogP contribution in [0.3, 0.4) is 0 Å². The molecule has 0 fully saturated rings. The molecule has 0 amide bonds. The van der Waals surface area contributed by atoms with Crippen LogP contribution in [0.2, 0.25) is 0 Å². The van der Waals surface area contributed by atoms with Crippen molar-refractivity contribution in [1.29, 1.82) is 0 Å². The second-order valence-corrected chi connectivity index (χ2v) is 28.0. The van der Waals surface area contributed by atoms with Gasteiger partial charge in [0, 0.05) is 33.9 Å². The van der Waals surface area contributed by atoms with Gasteiger partial charge < -0.3 is 19.3 Å². The molecule has 0 atom stereocenters. The molecule has 0 saturated heterocycles. The maximum atomic E-state index is 7.83. The second-order valence-electron chi connectivity index (χ2n) is 28.0. The van der Waals surface area contributed by atoms with Gasteiger partial charge in [0.05, 0.1) is 16.8 Å². The van der Waals surface area contributed by atoms with Crippen LogP contribution in [0.4, 0.5) is 34.1 Å². The molecule has 4 aliphatic heterocycles. The number of hydrogen-bond acceptors (Lipinski definition) is 4. The minimum Gasteiger partial charge on any atom is -0.458 e. The molecule has 0 N–H and O–H groups in total. The third-order valence-electron chi connectivity index (χ3n) is 22.8. The number of ether oxygens (including phenoxy) is 2. The van der Waals surface area contributed by atoms with Crippen LogP contribution in [-0.2, 0) is 5.41 Å². The minimum absolute atomic E-state index is 0.204. The van der Waals surface area contributed by atoms with Crippen molar-refractivity contribution in [3.8, 4) is 112 Å². The zero-order valence-corrected chi connectivity index (χ0v) is 56.0. The SMILES string of the molecule is c1ccc(-c2ccc3c(c2)B2c4cc5c(cc4Oc4cc(-c6ccccc6)cc(c42)N3c2ccccc2-c2ccccc2)C2(c3ccccc3-5)c3ccccc3-c3cc4c(cc32)Oc2cc(-c3ccccc3)cc3c2B4c2cc(-c4ccccc4)ccc2N3c2ccccc2-c2ccccc2)cc1. The first-order chi connectivity index (χ1) is 51.1. The predicted octanol–water partition coefficient (Wildman–Crippen LogP) is 20.8. The van der Waals surface area contributed by atoms with Gasteiger partial charge in [-0.3, -0.25) is 0 Å². The van der Waals surface area contributed by atoms with E-state index in [-0.39, 0.29) is 13.4 Å². The zero-order chi connectivity index (χ0) is 67.4. The number of rotatable bonds is 8. The fraction of sp³-hybridized carbons (Fsp3) is 0.0103. The summed E-state index contributed by atoms with van der Waals surface area (Å²) in [6.07, 6.45) is 0. The first-order valence-corrected chi connectivity index (χ1v) is 35.8. The van der Waals surface area contributed by atoms with Gasteiger partial charge in [-0.05, 0) is 194 Å². The Morgan fingerprint density at radius 2 is 0.524 bits per heavy atom. The Morgan fingerprint density at radius 3 is 0.913 bits per heavy atom. The Labute approximate surface area is 599 Å². The van der Waals surface area contributed by atoms with E-state index in [2.05, 4.69) is 374 Å². The van der Waals surface area contributed by atoms with E-state index in [1.54, 1.807) is 0 Å². The molecule has 6 heteroatoms. The smallest absolute Gasteiger partial charge is 0.256 e. The lowest BCUT2D eigenvalue weighted by Crippen LogP contribution is -2.59. The highest BCUT2D eigenvalue weighted by Gasteiger charge is 2.55. The number of anilines is 6. The lowest BCUT2D eigenvalue weighted by molar-refractivity contribution is 0.485. The van der Waals surface area contributed by atoms with Gasteiger partial charge >= 0.3 is 0 Å². The summed E-state index contributed by atoms with van der Waals surface area (Å²) in [6, 6.07) is 135. The Morgan fingerprint density at radius 1 is 0.194 bits per heavy atom. The Kier molecular flexibility index (Phi) is 12.6. The van der Waals surface area contributed by atoms with E-state index in [4.69, 9.17) is 9.47 Å². The molecule has 0 aromatic heterocycles. The molecule has 22 rings (SSSR count). The topological polar surface area (TPSA) is 24.9 Å². The van der Waals surface area contributed by atoms with E-state index in [1.165, 1.54) is 77.7 Å². The molecule has 1 spiro atoms. The third-order valence-corrected chi connectivity index (χ3v) is 22.8. The van der Waals surface area contributed by atoms with Crippen molar-refractivity contribution in [2.24, 2.45) is 0 Å². The average molecular weight is 1310 g/mol. The van der Waals surface area contributed by atoms with Gasteiger partial charge in [0.2, 0.25) is 0 Å². The zero-order valence-electron chi connectivity index (χ0n) is 56.0. The van der Waals surface area contributed by atoms with Gasteiger partial charge in [-0.2, -0.15) is 0 Å². The van der Waals surface area contributed by atoms with Crippen LogP contribution in [0.15, 0.2) is 364 Å². The number of para-hydroxylation sites is 2. The van der Waals surface area contributed by atoms with Crippen LogP contribution in [0, 0.1) is 0 Å². The monoisotopic (exact) mass is 1310 g/mol. The molecule has 2 aliphatic carbocycles. The lowest BCUT2D eigenvalue weighted by Gasteiger charge is -2.42. The summed E-state index contributed by atoms with van der Waals surface area (Å²) in [6.45, 7) is -0.409. The number of benzene rings is 16. The summed E-state index contributed by atoms with van der Waals surface area (Å²) >= 11 is 0. The van der Waals surface area contributed by atoms with Gasteiger partial charge in [0.25, 0.3) is 13.4 Å². The largest absolute Gasteiger partial charge is 0.458 e. The standard InChI is InChI=1S/C97H60B2N2O2/c1-7-27-61(28-8-1)67-47-49-87-81(51-67)98-83-57-75-73-41-19-23-43-77(73)97(79(75)59-91(83)102-93-55-69(63-31-11-3-12-32-63)53-89(95(93)98)100(87)85-45-25-21-39-71(85)65-35-15-5-16-36-65)78-44-24-20-42-74(78)76-58-84-92(60-80(76)97)103-94-56-70(64-33-13-4-14-34-64)54-90-96(94)99(84)82-52-68(62-29-9-2-10-30-62)48-50-88(82)101(90)86-46-26-22-40-72(86)66-37-17-6-18-38-66/h1-60H. The molecule has 0 unspecified atom stereocenters. The van der Waals surface area contributed by atoms with E-state index in [0.29, 0.717) is 0 Å². The van der Waals surface area contributed by atoms with Crippen LogP contribution in [-0.4, -0.2) is 13.4 Å². The van der Waals surface area contributed by atoms with Crippen LogP contribution in [0.25, 0.3) is 89.0 Å². The van der Waals surface area contributed by atoms with Crippen LogP contribution < -0.4 is 52.1 Å². The molecule has 16 aromatic carbocycles. The molecule has 16 aromatic rings. The molecule has 0 saturated carbocycles. The van der Waals surface area contributed by atoms with Crippen molar-refractivity contribution < 1.29 is 9.47 Å². The summed E-state index contributed by atoms with van der Waals surface area (Å²) in [5.41, 5.74) is 36.4. The summed E-state index contributed by atoms with van der Waals surface area (Å²) in [4.78, 5) is 5.04. The van der Waals surface area contributed by atoms with E-state index in [9.17, 15) is 0 Å². The van der Waals surface area contributed by atoms with Crippen molar-refractivity contribution in [2.45, 2.75) is 5.41 Å². The normalized spacial score (nSPS) is 13.6. The third kappa shape index (κ3) is 8.50. The molecular weight excluding hydrogens is 1250 g/mol. The molecule has 103 heavy (non-hydrogen) atoms. The van der Waals surface area contributed by atoms with Crippen LogP contribution in [0.1, 0.15) is 22.3 Å². The average Bonchev–Trinajstić information content (AvgIpc) is 1.51. The summed E-state index contributed by atoms with van der Waals surface area (Å²) < 4.78 is 15.7. The highest BCUT2D eigenvalue weighted by atomic mass is 16.5. The van der Waals surface area contributed by atoms with Crippen LogP contribution >= 0.6 is 0 Å². The molecule has 4 nitrogen and oxygen atoms in total. The van der Waals surface area contributed by atoms with Crippen molar-refractivity contribution in [1.82, 2.24) is 0 Å². The van der Waals surface area contributed by atoms with Gasteiger partial charge in [0.1, 0.15) is 23.0 Å². The highest BCUT2D eigenvalue weighted by molar-refractivity contribution is 7.00. The molecule has 0 bridgehead atoms. The van der Waals surface area contributed by atoms with Crippen LogP contribution in [0.5, 0.6) is 23.0 Å². The quantitative estimate of drug-likeness (QED) is 0.142. The molecule has 0 radical (unpaired) electrons. The summed E-state index contributed by atoms with van der Waals surface area (Å²) in [5.74, 6) is 3.42. The van der Waals surface area contributed by atoms with E-state index >= 15 is 0 Å². The Bertz CT molecular complexity index is 5820. The first-order valence-electron chi connectivity index (χ1n) is 35.8. The fourth-order valence-corrected chi connectivity index (χ4v) is 18.4. The minimum atomic E-state index is -0.769. The van der Waals surface area contributed by atoms with Crippen molar-refractivity contribution >= 4 is 80.3 Å². The molecular formula is C97H60B2N2O2. The fourth-order valence-electron chi connectivity index (χ4n) is 18.4. The van der Waals surface area contributed by atoms with Gasteiger partial charge in [-0.15, -0.1) is 0 Å². The Hall–Kier alpha value is -13.2. The molecule has 476 valence electrons. The number of fused-ring (bicyclic) bond motifs is 18. The number of hydrogen-bond donors (Lipinski definition) is 0. The lowest BCUT2D eigenvalue weighted by atomic mass is 9.33. The van der Waals surface area contributed by atoms with E-state index in [0.717, 1.165) is 123 Å². The summed E-state index contributed by atoms with van der Waals surface area (Å²) in [5, 5.41) is 0. The predicted molar refractivity (Wildman–Crippen MR) is 427 cm³/mol. The maximum absolute atomic E-state index is 7.83. The van der Waals surface area contributed by atoms with Gasteiger partial charge in [-0.25, -0.2) is 0 Å². The van der Waals surface area contributed by atoms with Crippen molar-refractivity contribution in [3.63, 3.8) is 0 Å². The summed E-state index contributed by atoms with van der Waals surface area (Å²) in [7, 11) is 0. The van der Waals surface area contributed by atoms with Crippen molar-refractivity contribution in [2.75, 3.05) is 9.80 Å².